The van der Waals surface area contributed by atoms with Crippen molar-refractivity contribution in [3.05, 3.63) is 48.0 Å². The van der Waals surface area contributed by atoms with Gasteiger partial charge in [-0.05, 0) is 42.5 Å². The second-order valence-corrected chi connectivity index (χ2v) is 5.31. The fraction of sp³-hybridized carbons (Fsp3) is 0.158. The molecule has 0 aliphatic carbocycles. The minimum atomic E-state index is -1.04. The summed E-state index contributed by atoms with van der Waals surface area (Å²) in [5, 5.41) is 10.1. The maximum atomic E-state index is 11.8. The molecule has 0 amide bonds. The number of nitrogens with zero attached hydrogens (tertiary/aromatic N) is 1. The first kappa shape index (κ1) is 16.6. The molecule has 6 heteroatoms. The van der Waals surface area contributed by atoms with Crippen LogP contribution in [-0.2, 0) is 0 Å². The summed E-state index contributed by atoms with van der Waals surface area (Å²) < 4.78 is 15.8. The summed E-state index contributed by atoms with van der Waals surface area (Å²) in [7, 11) is 4.65. The molecule has 2 aromatic carbocycles. The van der Waals surface area contributed by atoms with Crippen molar-refractivity contribution >= 4 is 16.9 Å². The lowest BCUT2D eigenvalue weighted by Crippen LogP contribution is -2.01. The van der Waals surface area contributed by atoms with E-state index in [4.69, 9.17) is 14.2 Å². The summed E-state index contributed by atoms with van der Waals surface area (Å²) in [6.07, 6.45) is 0. The predicted octanol–water partition coefficient (Wildman–Crippen LogP) is 3.63. The van der Waals surface area contributed by atoms with E-state index in [0.717, 1.165) is 0 Å². The fourth-order valence-corrected chi connectivity index (χ4v) is 2.66. The Balaban J connectivity index is 2.29. The van der Waals surface area contributed by atoms with E-state index >= 15 is 0 Å². The van der Waals surface area contributed by atoms with Gasteiger partial charge in [0.2, 0.25) is 0 Å². The zero-order valence-electron chi connectivity index (χ0n) is 14.1. The second-order valence-electron chi connectivity index (χ2n) is 5.31. The van der Waals surface area contributed by atoms with E-state index in [0.29, 0.717) is 39.4 Å². The number of carbonyl (C=O) groups is 1. The molecule has 0 bridgehead atoms. The van der Waals surface area contributed by atoms with Crippen molar-refractivity contribution in [1.29, 1.82) is 0 Å². The average Bonchev–Trinajstić information content (AvgIpc) is 2.65. The van der Waals surface area contributed by atoms with Gasteiger partial charge in [0.1, 0.15) is 17.2 Å². The van der Waals surface area contributed by atoms with Crippen LogP contribution in [0.2, 0.25) is 0 Å². The van der Waals surface area contributed by atoms with Gasteiger partial charge in [0.15, 0.2) is 0 Å². The summed E-state index contributed by atoms with van der Waals surface area (Å²) in [5.74, 6) is 0.745. The summed E-state index contributed by atoms with van der Waals surface area (Å²) in [5.41, 5.74) is 1.84. The third-order valence-corrected chi connectivity index (χ3v) is 3.93. The van der Waals surface area contributed by atoms with Gasteiger partial charge < -0.3 is 19.3 Å². The zero-order chi connectivity index (χ0) is 18.0. The molecule has 0 fully saturated rings. The van der Waals surface area contributed by atoms with E-state index in [-0.39, 0.29) is 5.56 Å². The smallest absolute Gasteiger partial charge is 0.336 e. The summed E-state index contributed by atoms with van der Waals surface area (Å²) in [4.78, 5) is 16.3. The van der Waals surface area contributed by atoms with Crippen molar-refractivity contribution in [3.63, 3.8) is 0 Å². The lowest BCUT2D eigenvalue weighted by atomic mass is 10.0. The van der Waals surface area contributed by atoms with Gasteiger partial charge in [-0.1, -0.05) is 0 Å². The van der Waals surface area contributed by atoms with Crippen LogP contribution in [0.5, 0.6) is 17.2 Å². The molecule has 1 aromatic heterocycles. The minimum absolute atomic E-state index is 0.142. The van der Waals surface area contributed by atoms with Gasteiger partial charge in [0.05, 0.1) is 38.1 Å². The van der Waals surface area contributed by atoms with Gasteiger partial charge in [-0.15, -0.1) is 0 Å². The van der Waals surface area contributed by atoms with E-state index in [2.05, 4.69) is 4.98 Å². The molecule has 0 unspecified atom stereocenters. The molecule has 0 aliphatic rings. The molecule has 1 heterocycles. The first-order valence-corrected chi connectivity index (χ1v) is 7.52. The van der Waals surface area contributed by atoms with E-state index in [1.807, 2.05) is 0 Å². The number of benzene rings is 2. The van der Waals surface area contributed by atoms with Gasteiger partial charge in [-0.25, -0.2) is 9.78 Å². The zero-order valence-corrected chi connectivity index (χ0v) is 14.1. The lowest BCUT2D eigenvalue weighted by Gasteiger charge is -2.12. The van der Waals surface area contributed by atoms with Gasteiger partial charge in [0, 0.05) is 10.9 Å². The summed E-state index contributed by atoms with van der Waals surface area (Å²) in [6.45, 7) is 0. The topological polar surface area (TPSA) is 77.9 Å². The maximum Gasteiger partial charge on any atom is 0.336 e. The number of carboxylic acid groups (broad SMARTS) is 1. The van der Waals surface area contributed by atoms with Gasteiger partial charge in [-0.2, -0.15) is 0 Å². The number of methoxy groups -OCH3 is 3. The molecule has 0 spiro atoms. The van der Waals surface area contributed by atoms with Crippen LogP contribution in [0.4, 0.5) is 0 Å². The van der Waals surface area contributed by atoms with Gasteiger partial charge >= 0.3 is 5.97 Å². The Hall–Kier alpha value is -3.28. The number of rotatable bonds is 5. The predicted molar refractivity (Wildman–Crippen MR) is 93.8 cm³/mol. The van der Waals surface area contributed by atoms with E-state index < -0.39 is 5.97 Å². The van der Waals surface area contributed by atoms with Gasteiger partial charge in [-0.3, -0.25) is 0 Å². The van der Waals surface area contributed by atoms with Crippen LogP contribution in [0.15, 0.2) is 42.5 Å². The normalized spacial score (nSPS) is 10.5. The molecule has 0 radical (unpaired) electrons. The van der Waals surface area contributed by atoms with E-state index in [9.17, 15) is 9.90 Å². The van der Waals surface area contributed by atoms with Crippen molar-refractivity contribution < 1.29 is 24.1 Å². The lowest BCUT2D eigenvalue weighted by molar-refractivity contribution is 0.0699. The molecule has 6 nitrogen and oxygen atoms in total. The van der Waals surface area contributed by atoms with Crippen LogP contribution in [0.3, 0.4) is 0 Å². The Morgan fingerprint density at radius 3 is 2.24 bits per heavy atom. The Kier molecular flexibility index (Phi) is 4.43. The fourth-order valence-electron chi connectivity index (χ4n) is 2.66. The van der Waals surface area contributed by atoms with Crippen molar-refractivity contribution in [3.8, 4) is 28.5 Å². The maximum absolute atomic E-state index is 11.8. The summed E-state index contributed by atoms with van der Waals surface area (Å²) in [6, 6.07) is 12.0. The molecule has 0 aliphatic heterocycles. The molecule has 0 saturated heterocycles. The van der Waals surface area contributed by atoms with Crippen molar-refractivity contribution in [2.24, 2.45) is 0 Å². The highest BCUT2D eigenvalue weighted by Crippen LogP contribution is 2.35. The monoisotopic (exact) mass is 339 g/mol. The molecule has 3 rings (SSSR count). The number of hydrogen-bond donors (Lipinski definition) is 1. The van der Waals surface area contributed by atoms with E-state index in [1.165, 1.54) is 13.2 Å². The molecule has 25 heavy (non-hydrogen) atoms. The number of carboxylic acids is 1. The standard InChI is InChI=1S/C19H17NO5/c1-23-11-4-6-16-13(8-11)14(19(21)22)10-17(20-16)15-9-12(24-2)5-7-18(15)25-3/h4-10H,1-3H3,(H,21,22). The van der Waals surface area contributed by atoms with Crippen LogP contribution in [0.1, 0.15) is 10.4 Å². The second kappa shape index (κ2) is 6.68. The third kappa shape index (κ3) is 3.06. The average molecular weight is 339 g/mol. The van der Waals surface area contributed by atoms with Crippen molar-refractivity contribution in [2.75, 3.05) is 21.3 Å². The van der Waals surface area contributed by atoms with Crippen LogP contribution >= 0.6 is 0 Å². The molecule has 0 saturated carbocycles. The van der Waals surface area contributed by atoms with Crippen LogP contribution in [0, 0.1) is 0 Å². The van der Waals surface area contributed by atoms with E-state index in [1.54, 1.807) is 50.6 Å². The van der Waals surface area contributed by atoms with Crippen LogP contribution < -0.4 is 14.2 Å². The Morgan fingerprint density at radius 1 is 0.920 bits per heavy atom. The largest absolute Gasteiger partial charge is 0.497 e. The van der Waals surface area contributed by atoms with Crippen LogP contribution in [-0.4, -0.2) is 37.4 Å². The Labute approximate surface area is 144 Å². The number of ether oxygens (including phenoxy) is 3. The van der Waals surface area contributed by atoms with Crippen molar-refractivity contribution in [1.82, 2.24) is 4.98 Å². The number of hydrogen-bond acceptors (Lipinski definition) is 5. The quantitative estimate of drug-likeness (QED) is 0.765. The highest BCUT2D eigenvalue weighted by molar-refractivity contribution is 6.04. The highest BCUT2D eigenvalue weighted by atomic mass is 16.5. The molecule has 128 valence electrons. The summed E-state index contributed by atoms with van der Waals surface area (Å²) >= 11 is 0. The van der Waals surface area contributed by atoms with Gasteiger partial charge in [0.25, 0.3) is 0 Å². The highest BCUT2D eigenvalue weighted by Gasteiger charge is 2.16. The Bertz CT molecular complexity index is 952. The number of pyridine rings is 1. The molecular weight excluding hydrogens is 322 g/mol. The molecule has 3 aromatic rings. The number of fused-ring (bicyclic) bond motifs is 1. The molecular formula is C19H17NO5. The SMILES string of the molecule is COc1ccc(OC)c(-c2cc(C(=O)O)c3cc(OC)ccc3n2)c1. The number of aromatic nitrogens is 1. The van der Waals surface area contributed by atoms with Crippen molar-refractivity contribution in [2.45, 2.75) is 0 Å². The number of aromatic carboxylic acids is 1. The Morgan fingerprint density at radius 2 is 1.60 bits per heavy atom. The van der Waals surface area contributed by atoms with Crippen LogP contribution in [0.25, 0.3) is 22.2 Å². The third-order valence-electron chi connectivity index (χ3n) is 3.93. The molecule has 0 atom stereocenters. The first-order valence-electron chi connectivity index (χ1n) is 7.52. The minimum Gasteiger partial charge on any atom is -0.497 e. The molecule has 1 N–H and O–H groups in total. The first-order chi connectivity index (χ1) is 12.1.